The molecule has 1 rings (SSSR count). The van der Waals surface area contributed by atoms with Gasteiger partial charge in [-0.3, -0.25) is 9.59 Å². The predicted molar refractivity (Wildman–Crippen MR) is 73.7 cm³/mol. The van der Waals surface area contributed by atoms with Crippen LogP contribution in [0.1, 0.15) is 40.5 Å². The number of amides is 2. The molecule has 1 heterocycles. The molecule has 1 aliphatic rings. The molecular formula is C14H24N2O4. The first-order valence-corrected chi connectivity index (χ1v) is 7.06. The van der Waals surface area contributed by atoms with Gasteiger partial charge >= 0.3 is 5.97 Å². The molecular weight excluding hydrogens is 260 g/mol. The zero-order valence-corrected chi connectivity index (χ0v) is 12.6. The quantitative estimate of drug-likeness (QED) is 0.741. The lowest BCUT2D eigenvalue weighted by atomic mass is 10.0. The smallest absolute Gasteiger partial charge is 0.329 e. The second kappa shape index (κ2) is 7.26. The van der Waals surface area contributed by atoms with Crippen molar-refractivity contribution in [3.63, 3.8) is 0 Å². The first-order chi connectivity index (χ1) is 9.29. The van der Waals surface area contributed by atoms with Crippen molar-refractivity contribution in [2.75, 3.05) is 6.61 Å². The van der Waals surface area contributed by atoms with E-state index in [2.05, 4.69) is 10.6 Å². The molecule has 1 saturated heterocycles. The third-order valence-electron chi connectivity index (χ3n) is 3.01. The molecule has 1 aliphatic heterocycles. The van der Waals surface area contributed by atoms with E-state index in [1.54, 1.807) is 0 Å². The molecule has 0 bridgehead atoms. The lowest BCUT2D eigenvalue weighted by Crippen LogP contribution is -2.50. The highest BCUT2D eigenvalue weighted by molar-refractivity contribution is 5.93. The number of nitrogens with one attached hydrogen (secondary N) is 2. The van der Waals surface area contributed by atoms with Crippen LogP contribution in [0.25, 0.3) is 0 Å². The molecule has 0 aromatic carbocycles. The Kier molecular flexibility index (Phi) is 5.98. The Labute approximate surface area is 119 Å². The van der Waals surface area contributed by atoms with Gasteiger partial charge in [-0.25, -0.2) is 4.79 Å². The molecule has 2 amide bonds. The van der Waals surface area contributed by atoms with E-state index in [0.717, 1.165) is 0 Å². The van der Waals surface area contributed by atoms with Gasteiger partial charge in [-0.1, -0.05) is 27.7 Å². The summed E-state index contributed by atoms with van der Waals surface area (Å²) in [6.07, 6.45) is 1.02. The zero-order chi connectivity index (χ0) is 15.3. The molecule has 0 spiro atoms. The van der Waals surface area contributed by atoms with Gasteiger partial charge in [0.15, 0.2) is 6.61 Å². The molecule has 2 unspecified atom stereocenters. The standard InChI is InChI=1S/C14H24N2O4/c1-8(2)5-10-13(18)16-11(6-9(3)4)14(19)20-7-12(17)15-10/h8-11H,5-7H2,1-4H3,(H,15,17)(H,16,18). The van der Waals surface area contributed by atoms with Gasteiger partial charge in [-0.05, 0) is 24.7 Å². The van der Waals surface area contributed by atoms with Crippen LogP contribution in [0.15, 0.2) is 0 Å². The monoisotopic (exact) mass is 284 g/mol. The molecule has 0 saturated carbocycles. The van der Waals surface area contributed by atoms with E-state index >= 15 is 0 Å². The zero-order valence-electron chi connectivity index (χ0n) is 12.6. The largest absolute Gasteiger partial charge is 0.454 e. The number of hydrogen-bond donors (Lipinski definition) is 2. The number of ether oxygens (including phenoxy) is 1. The molecule has 6 heteroatoms. The van der Waals surface area contributed by atoms with Gasteiger partial charge in [0.1, 0.15) is 12.1 Å². The molecule has 0 aromatic rings. The summed E-state index contributed by atoms with van der Waals surface area (Å²) in [5.74, 6) is -0.818. The number of rotatable bonds is 4. The highest BCUT2D eigenvalue weighted by atomic mass is 16.5. The van der Waals surface area contributed by atoms with Gasteiger partial charge in [0, 0.05) is 0 Å². The number of esters is 1. The summed E-state index contributed by atoms with van der Waals surface area (Å²) in [7, 11) is 0. The fraction of sp³-hybridized carbons (Fsp3) is 0.786. The van der Waals surface area contributed by atoms with Crippen molar-refractivity contribution < 1.29 is 19.1 Å². The number of carbonyl (C=O) groups is 3. The Morgan fingerprint density at radius 2 is 1.55 bits per heavy atom. The number of carbonyl (C=O) groups excluding carboxylic acids is 3. The topological polar surface area (TPSA) is 84.5 Å². The van der Waals surface area contributed by atoms with Crippen LogP contribution in [0.2, 0.25) is 0 Å². The Bertz CT molecular complexity index is 371. The van der Waals surface area contributed by atoms with Crippen molar-refractivity contribution >= 4 is 17.8 Å². The van der Waals surface area contributed by atoms with Gasteiger partial charge in [-0.15, -0.1) is 0 Å². The van der Waals surface area contributed by atoms with Crippen molar-refractivity contribution in [3.8, 4) is 0 Å². The Balaban J connectivity index is 2.86. The maximum Gasteiger partial charge on any atom is 0.329 e. The molecule has 2 atom stereocenters. The predicted octanol–water partition coefficient (Wildman–Crippen LogP) is 0.605. The highest BCUT2D eigenvalue weighted by Gasteiger charge is 2.31. The van der Waals surface area contributed by atoms with Gasteiger partial charge in [0.2, 0.25) is 5.91 Å². The summed E-state index contributed by atoms with van der Waals surface area (Å²) < 4.78 is 4.92. The summed E-state index contributed by atoms with van der Waals surface area (Å²) >= 11 is 0. The third-order valence-corrected chi connectivity index (χ3v) is 3.01. The lowest BCUT2D eigenvalue weighted by Gasteiger charge is -2.21. The van der Waals surface area contributed by atoms with Crippen molar-refractivity contribution in [2.24, 2.45) is 11.8 Å². The van der Waals surface area contributed by atoms with Gasteiger partial charge in [0.05, 0.1) is 0 Å². The van der Waals surface area contributed by atoms with Crippen LogP contribution >= 0.6 is 0 Å². The molecule has 2 N–H and O–H groups in total. The van der Waals surface area contributed by atoms with Crippen molar-refractivity contribution in [2.45, 2.75) is 52.6 Å². The first kappa shape index (κ1) is 16.5. The minimum atomic E-state index is -0.690. The molecule has 0 aliphatic carbocycles. The molecule has 1 fully saturated rings. The summed E-state index contributed by atoms with van der Waals surface area (Å²) in [6.45, 7) is 7.53. The van der Waals surface area contributed by atoms with Gasteiger partial charge in [-0.2, -0.15) is 0 Å². The van der Waals surface area contributed by atoms with E-state index in [1.807, 2.05) is 27.7 Å². The van der Waals surface area contributed by atoms with Crippen molar-refractivity contribution in [3.05, 3.63) is 0 Å². The van der Waals surface area contributed by atoms with Crippen molar-refractivity contribution in [1.82, 2.24) is 10.6 Å². The number of hydrogen-bond acceptors (Lipinski definition) is 4. The number of cyclic esters (lactones) is 1. The maximum absolute atomic E-state index is 12.2. The fourth-order valence-corrected chi connectivity index (χ4v) is 2.13. The van der Waals surface area contributed by atoms with E-state index in [1.165, 1.54) is 0 Å². The molecule has 6 nitrogen and oxygen atoms in total. The average molecular weight is 284 g/mol. The van der Waals surface area contributed by atoms with E-state index in [9.17, 15) is 14.4 Å². The lowest BCUT2D eigenvalue weighted by molar-refractivity contribution is -0.150. The summed E-state index contributed by atoms with van der Waals surface area (Å²) in [5, 5.41) is 5.29. The summed E-state index contributed by atoms with van der Waals surface area (Å²) in [4.78, 5) is 35.7. The maximum atomic E-state index is 12.2. The summed E-state index contributed by atoms with van der Waals surface area (Å²) in [6, 6.07) is -1.31. The van der Waals surface area contributed by atoms with Crippen LogP contribution in [-0.2, 0) is 19.1 Å². The fourth-order valence-electron chi connectivity index (χ4n) is 2.13. The second-order valence-electron chi connectivity index (χ2n) is 6.05. The molecule has 0 aromatic heterocycles. The van der Waals surface area contributed by atoms with E-state index < -0.39 is 24.0 Å². The Morgan fingerprint density at radius 1 is 1.00 bits per heavy atom. The Hall–Kier alpha value is -1.59. The minimum Gasteiger partial charge on any atom is -0.454 e. The molecule has 0 radical (unpaired) electrons. The van der Waals surface area contributed by atoms with Crippen molar-refractivity contribution in [1.29, 1.82) is 0 Å². The average Bonchev–Trinajstić information content (AvgIpc) is 2.35. The SMILES string of the molecule is CC(C)CC1NC(=O)COC(=O)C(CC(C)C)NC1=O. The van der Waals surface area contributed by atoms with Gasteiger partial charge < -0.3 is 15.4 Å². The summed E-state index contributed by atoms with van der Waals surface area (Å²) in [5.41, 5.74) is 0. The van der Waals surface area contributed by atoms with Crippen LogP contribution in [0.3, 0.4) is 0 Å². The second-order valence-corrected chi connectivity index (χ2v) is 6.05. The van der Waals surface area contributed by atoms with Crippen LogP contribution < -0.4 is 10.6 Å². The van der Waals surface area contributed by atoms with Gasteiger partial charge in [0.25, 0.3) is 5.91 Å². The van der Waals surface area contributed by atoms with E-state index in [0.29, 0.717) is 12.8 Å². The highest BCUT2D eigenvalue weighted by Crippen LogP contribution is 2.10. The van der Waals surface area contributed by atoms with E-state index in [-0.39, 0.29) is 24.3 Å². The van der Waals surface area contributed by atoms with E-state index in [4.69, 9.17) is 4.74 Å². The van der Waals surface area contributed by atoms with Crippen LogP contribution in [0.4, 0.5) is 0 Å². The molecule has 20 heavy (non-hydrogen) atoms. The minimum absolute atomic E-state index is 0.237. The van der Waals surface area contributed by atoms with Crippen LogP contribution in [0, 0.1) is 11.8 Å². The Morgan fingerprint density at radius 3 is 2.10 bits per heavy atom. The molecule has 114 valence electrons. The normalized spacial score (nSPS) is 24.6. The third kappa shape index (κ3) is 5.19. The van der Waals surface area contributed by atoms with Crippen LogP contribution in [0.5, 0.6) is 0 Å². The van der Waals surface area contributed by atoms with Crippen LogP contribution in [-0.4, -0.2) is 36.5 Å². The first-order valence-electron chi connectivity index (χ1n) is 7.06.